The van der Waals surface area contributed by atoms with Crippen LogP contribution < -0.4 is 5.43 Å². The fraction of sp³-hybridized carbons (Fsp3) is 0.111. The lowest BCUT2D eigenvalue weighted by molar-refractivity contribution is 0.0987. The number of hydrogen-bond donors (Lipinski definition) is 1. The molecule has 3 nitrogen and oxygen atoms in total. The molecule has 1 heterocycles. The first-order valence-electron chi connectivity index (χ1n) is 7.06. The van der Waals surface area contributed by atoms with E-state index in [9.17, 15) is 9.59 Å². The summed E-state index contributed by atoms with van der Waals surface area (Å²) in [7, 11) is 0. The molecule has 4 heteroatoms. The first-order valence-corrected chi connectivity index (χ1v) is 7.44. The maximum absolute atomic E-state index is 12.8. The van der Waals surface area contributed by atoms with Crippen molar-refractivity contribution < 1.29 is 4.79 Å². The van der Waals surface area contributed by atoms with Crippen molar-refractivity contribution in [2.45, 2.75) is 13.3 Å². The molecule has 0 saturated carbocycles. The summed E-state index contributed by atoms with van der Waals surface area (Å²) in [6, 6.07) is 14.5. The predicted octanol–water partition coefficient (Wildman–Crippen LogP) is 4.44. The van der Waals surface area contributed by atoms with Gasteiger partial charge in [0.2, 0.25) is 5.43 Å². The second kappa shape index (κ2) is 5.78. The summed E-state index contributed by atoms with van der Waals surface area (Å²) in [5.74, 6) is -0.179. The van der Waals surface area contributed by atoms with Crippen molar-refractivity contribution in [3.8, 4) is 11.3 Å². The highest BCUT2D eigenvalue weighted by Crippen LogP contribution is 2.26. The number of H-pyrrole nitrogens is 1. The van der Waals surface area contributed by atoms with Crippen molar-refractivity contribution in [1.29, 1.82) is 0 Å². The number of aromatic amines is 1. The van der Waals surface area contributed by atoms with E-state index in [2.05, 4.69) is 4.98 Å². The summed E-state index contributed by atoms with van der Waals surface area (Å²) in [6.45, 7) is 1.75. The molecule has 0 aliphatic heterocycles. The van der Waals surface area contributed by atoms with Gasteiger partial charge in [0.25, 0.3) is 0 Å². The maximum Gasteiger partial charge on any atom is 0.200 e. The molecule has 110 valence electrons. The van der Waals surface area contributed by atoms with E-state index in [1.807, 2.05) is 30.3 Å². The van der Waals surface area contributed by atoms with Crippen molar-refractivity contribution in [2.24, 2.45) is 0 Å². The van der Waals surface area contributed by atoms with Crippen LogP contribution in [0.2, 0.25) is 5.02 Å². The SMILES string of the molecule is CCC(=O)c1c(-c2ccccc2)[nH]c2c(Cl)cccc2c1=O. The topological polar surface area (TPSA) is 49.9 Å². The van der Waals surface area contributed by atoms with Gasteiger partial charge in [-0.25, -0.2) is 0 Å². The largest absolute Gasteiger partial charge is 0.353 e. The Balaban J connectivity index is 2.46. The molecule has 3 rings (SSSR count). The van der Waals surface area contributed by atoms with Crippen LogP contribution in [0.1, 0.15) is 23.7 Å². The Morgan fingerprint density at radius 3 is 2.50 bits per heavy atom. The minimum Gasteiger partial charge on any atom is -0.353 e. The molecule has 0 radical (unpaired) electrons. The van der Waals surface area contributed by atoms with Crippen molar-refractivity contribution in [3.05, 3.63) is 69.3 Å². The van der Waals surface area contributed by atoms with Crippen molar-refractivity contribution >= 4 is 28.3 Å². The molecule has 0 unspecified atom stereocenters. The van der Waals surface area contributed by atoms with Gasteiger partial charge in [-0.05, 0) is 17.7 Å². The third-order valence-corrected chi connectivity index (χ3v) is 3.96. The van der Waals surface area contributed by atoms with Crippen LogP contribution in [0.5, 0.6) is 0 Å². The smallest absolute Gasteiger partial charge is 0.200 e. The lowest BCUT2D eigenvalue weighted by Gasteiger charge is -2.11. The number of hydrogen-bond acceptors (Lipinski definition) is 2. The summed E-state index contributed by atoms with van der Waals surface area (Å²) in [5.41, 5.74) is 1.79. The second-order valence-corrected chi connectivity index (χ2v) is 5.42. The average Bonchev–Trinajstić information content (AvgIpc) is 2.55. The van der Waals surface area contributed by atoms with Crippen LogP contribution in [0.25, 0.3) is 22.2 Å². The number of rotatable bonds is 3. The van der Waals surface area contributed by atoms with E-state index in [4.69, 9.17) is 11.6 Å². The zero-order valence-electron chi connectivity index (χ0n) is 12.0. The zero-order chi connectivity index (χ0) is 15.7. The third-order valence-electron chi connectivity index (χ3n) is 3.65. The molecule has 3 aromatic rings. The number of ketones is 1. The number of para-hydroxylation sites is 1. The number of fused-ring (bicyclic) bond motifs is 1. The lowest BCUT2D eigenvalue weighted by atomic mass is 9.98. The summed E-state index contributed by atoms with van der Waals surface area (Å²) < 4.78 is 0. The third kappa shape index (κ3) is 2.34. The van der Waals surface area contributed by atoms with Crippen molar-refractivity contribution in [2.75, 3.05) is 0 Å². The minimum atomic E-state index is -0.276. The van der Waals surface area contributed by atoms with Gasteiger partial charge in [0.05, 0.1) is 21.8 Å². The summed E-state index contributed by atoms with van der Waals surface area (Å²) >= 11 is 6.20. The van der Waals surface area contributed by atoms with Crippen molar-refractivity contribution in [1.82, 2.24) is 4.98 Å². The molecule has 0 amide bonds. The monoisotopic (exact) mass is 311 g/mol. The molecule has 1 N–H and O–H groups in total. The van der Waals surface area contributed by atoms with Gasteiger partial charge >= 0.3 is 0 Å². The number of Topliss-reactive ketones (excluding diaryl/α,β-unsaturated/α-hetero) is 1. The standard InChI is InChI=1S/C18H14ClNO2/c1-2-14(21)15-16(11-7-4-3-5-8-11)20-17-12(18(15)22)9-6-10-13(17)19/h3-10H,2H2,1H3,(H,20,22). The fourth-order valence-electron chi connectivity index (χ4n) is 2.54. The molecule has 0 fully saturated rings. The number of halogens is 1. The number of nitrogens with one attached hydrogen (secondary N) is 1. The van der Waals surface area contributed by atoms with Gasteiger partial charge in [0.1, 0.15) is 0 Å². The van der Waals surface area contributed by atoms with Crippen LogP contribution >= 0.6 is 11.6 Å². The quantitative estimate of drug-likeness (QED) is 0.727. The molecule has 2 aromatic carbocycles. The van der Waals surface area contributed by atoms with Crippen LogP contribution in [0.15, 0.2) is 53.3 Å². The molecule has 1 aromatic heterocycles. The van der Waals surface area contributed by atoms with Crippen LogP contribution in [0.3, 0.4) is 0 Å². The Morgan fingerprint density at radius 1 is 1.09 bits per heavy atom. The van der Waals surface area contributed by atoms with Gasteiger partial charge in [-0.3, -0.25) is 9.59 Å². The number of pyridine rings is 1. The van der Waals surface area contributed by atoms with Gasteiger partial charge in [-0.2, -0.15) is 0 Å². The Morgan fingerprint density at radius 2 is 1.82 bits per heavy atom. The number of carbonyl (C=O) groups excluding carboxylic acids is 1. The number of carbonyl (C=O) groups is 1. The van der Waals surface area contributed by atoms with E-state index in [1.54, 1.807) is 25.1 Å². The van der Waals surface area contributed by atoms with Gasteiger partial charge in [0, 0.05) is 11.8 Å². The van der Waals surface area contributed by atoms with E-state index < -0.39 is 0 Å². The van der Waals surface area contributed by atoms with E-state index >= 15 is 0 Å². The highest BCUT2D eigenvalue weighted by Gasteiger charge is 2.19. The predicted molar refractivity (Wildman–Crippen MR) is 89.6 cm³/mol. The van der Waals surface area contributed by atoms with E-state index in [0.717, 1.165) is 5.56 Å². The van der Waals surface area contributed by atoms with Crippen LogP contribution in [0, 0.1) is 0 Å². The van der Waals surface area contributed by atoms with Gasteiger partial charge in [-0.15, -0.1) is 0 Å². The summed E-state index contributed by atoms with van der Waals surface area (Å²) in [5, 5.41) is 0.895. The molecule has 22 heavy (non-hydrogen) atoms. The number of benzene rings is 2. The van der Waals surface area contributed by atoms with E-state index in [-0.39, 0.29) is 23.2 Å². The van der Waals surface area contributed by atoms with Gasteiger partial charge in [0.15, 0.2) is 5.78 Å². The minimum absolute atomic E-state index is 0.179. The van der Waals surface area contributed by atoms with Crippen LogP contribution in [-0.2, 0) is 0 Å². The Labute approximate surface area is 132 Å². The second-order valence-electron chi connectivity index (χ2n) is 5.01. The lowest BCUT2D eigenvalue weighted by Crippen LogP contribution is -2.18. The van der Waals surface area contributed by atoms with E-state index in [1.165, 1.54) is 0 Å². The Hall–Kier alpha value is -2.39. The van der Waals surface area contributed by atoms with Gasteiger partial charge in [-0.1, -0.05) is 54.9 Å². The molecular weight excluding hydrogens is 298 g/mol. The van der Waals surface area contributed by atoms with Crippen molar-refractivity contribution in [3.63, 3.8) is 0 Å². The first kappa shape index (κ1) is 14.5. The summed E-state index contributed by atoms with van der Waals surface area (Å²) in [4.78, 5) is 28.3. The van der Waals surface area contributed by atoms with Gasteiger partial charge < -0.3 is 4.98 Å². The van der Waals surface area contributed by atoms with E-state index in [0.29, 0.717) is 21.6 Å². The molecule has 0 atom stereocenters. The normalized spacial score (nSPS) is 10.8. The Bertz CT molecular complexity index is 914. The molecule has 0 bridgehead atoms. The number of aromatic nitrogens is 1. The average molecular weight is 312 g/mol. The summed E-state index contributed by atoms with van der Waals surface area (Å²) in [6.07, 6.45) is 0.273. The van der Waals surface area contributed by atoms with Crippen LogP contribution in [-0.4, -0.2) is 10.8 Å². The van der Waals surface area contributed by atoms with Crippen LogP contribution in [0.4, 0.5) is 0 Å². The Kier molecular flexibility index (Phi) is 3.82. The molecular formula is C18H14ClNO2. The molecule has 0 saturated heterocycles. The first-order chi connectivity index (χ1) is 10.6. The molecule has 0 spiro atoms. The fourth-order valence-corrected chi connectivity index (χ4v) is 2.76. The highest BCUT2D eigenvalue weighted by molar-refractivity contribution is 6.35. The highest BCUT2D eigenvalue weighted by atomic mass is 35.5. The zero-order valence-corrected chi connectivity index (χ0v) is 12.8. The maximum atomic E-state index is 12.8. The molecule has 0 aliphatic carbocycles. The molecule has 0 aliphatic rings.